The van der Waals surface area contributed by atoms with E-state index in [2.05, 4.69) is 15.0 Å². The molecule has 1 N–H and O–H groups in total. The third kappa shape index (κ3) is 0.930. The molecular formula is C10H6ClN3. The Labute approximate surface area is 84.7 Å². The van der Waals surface area contributed by atoms with E-state index in [9.17, 15) is 0 Å². The third-order valence-electron chi connectivity index (χ3n) is 2.23. The van der Waals surface area contributed by atoms with Crippen LogP contribution < -0.4 is 0 Å². The molecular weight excluding hydrogens is 198 g/mol. The lowest BCUT2D eigenvalue weighted by Gasteiger charge is -1.98. The van der Waals surface area contributed by atoms with Gasteiger partial charge < -0.3 is 4.98 Å². The van der Waals surface area contributed by atoms with Gasteiger partial charge in [-0.15, -0.1) is 0 Å². The van der Waals surface area contributed by atoms with Crippen LogP contribution in [0.5, 0.6) is 0 Å². The maximum Gasteiger partial charge on any atom is 0.0992 e. The first-order chi connectivity index (χ1) is 6.86. The lowest BCUT2D eigenvalue weighted by molar-refractivity contribution is 1.34. The Morgan fingerprint density at radius 3 is 3.00 bits per heavy atom. The van der Waals surface area contributed by atoms with Crippen molar-refractivity contribution in [1.82, 2.24) is 15.0 Å². The number of imidazole rings is 1. The molecule has 4 heteroatoms. The normalized spacial score (nSPS) is 11.2. The van der Waals surface area contributed by atoms with Crippen molar-refractivity contribution in [2.75, 3.05) is 0 Å². The van der Waals surface area contributed by atoms with E-state index < -0.39 is 0 Å². The van der Waals surface area contributed by atoms with Crippen molar-refractivity contribution in [3.8, 4) is 0 Å². The van der Waals surface area contributed by atoms with Gasteiger partial charge in [0.1, 0.15) is 0 Å². The highest BCUT2D eigenvalue weighted by molar-refractivity contribution is 6.35. The first-order valence-electron chi connectivity index (χ1n) is 4.22. The van der Waals surface area contributed by atoms with Crippen LogP contribution in [0.2, 0.25) is 5.02 Å². The minimum absolute atomic E-state index is 0.660. The number of hydrogen-bond acceptors (Lipinski definition) is 2. The fourth-order valence-electron chi connectivity index (χ4n) is 1.58. The summed E-state index contributed by atoms with van der Waals surface area (Å²) in [5, 5.41) is 1.64. The van der Waals surface area contributed by atoms with Crippen LogP contribution in [-0.4, -0.2) is 15.0 Å². The number of aromatic amines is 1. The van der Waals surface area contributed by atoms with Crippen LogP contribution in [0.4, 0.5) is 0 Å². The molecule has 3 nitrogen and oxygen atoms in total. The average molecular weight is 204 g/mol. The number of fused-ring (bicyclic) bond motifs is 3. The largest absolute Gasteiger partial charge is 0.343 e. The minimum Gasteiger partial charge on any atom is -0.343 e. The van der Waals surface area contributed by atoms with E-state index in [1.807, 2.05) is 18.2 Å². The smallest absolute Gasteiger partial charge is 0.0992 e. The summed E-state index contributed by atoms with van der Waals surface area (Å²) < 4.78 is 0. The molecule has 2 aromatic heterocycles. The Bertz CT molecular complexity index is 615. The topological polar surface area (TPSA) is 41.6 Å². The van der Waals surface area contributed by atoms with Gasteiger partial charge in [-0.3, -0.25) is 4.98 Å². The van der Waals surface area contributed by atoms with Gasteiger partial charge in [0.2, 0.25) is 0 Å². The van der Waals surface area contributed by atoms with Gasteiger partial charge in [-0.1, -0.05) is 23.7 Å². The van der Waals surface area contributed by atoms with Gasteiger partial charge in [-0.25, -0.2) is 4.98 Å². The summed E-state index contributed by atoms with van der Waals surface area (Å²) in [6, 6.07) is 5.70. The number of nitrogens with zero attached hydrogens (tertiary/aromatic N) is 2. The van der Waals surface area contributed by atoms with Crippen molar-refractivity contribution >= 4 is 33.5 Å². The zero-order valence-corrected chi connectivity index (χ0v) is 7.92. The Hall–Kier alpha value is -1.61. The summed E-state index contributed by atoms with van der Waals surface area (Å²) in [5.74, 6) is 0. The van der Waals surface area contributed by atoms with Crippen LogP contribution in [0.15, 0.2) is 30.7 Å². The predicted octanol–water partition coefficient (Wildman–Crippen LogP) is 2.76. The third-order valence-corrected chi connectivity index (χ3v) is 2.54. The SMILES string of the molecule is Clc1cccc2c1ncc1[nH]cnc12. The number of H-pyrrole nitrogens is 1. The van der Waals surface area contributed by atoms with E-state index >= 15 is 0 Å². The molecule has 2 heterocycles. The van der Waals surface area contributed by atoms with E-state index in [1.165, 1.54) is 0 Å². The predicted molar refractivity (Wildman–Crippen MR) is 56.4 cm³/mol. The second kappa shape index (κ2) is 2.69. The maximum absolute atomic E-state index is 6.02. The summed E-state index contributed by atoms with van der Waals surface area (Å²) in [6.45, 7) is 0. The van der Waals surface area contributed by atoms with Crippen molar-refractivity contribution < 1.29 is 0 Å². The summed E-state index contributed by atoms with van der Waals surface area (Å²) in [7, 11) is 0. The number of benzene rings is 1. The monoisotopic (exact) mass is 203 g/mol. The summed E-state index contributed by atoms with van der Waals surface area (Å²) in [4.78, 5) is 11.5. The zero-order chi connectivity index (χ0) is 9.54. The fraction of sp³-hybridized carbons (Fsp3) is 0. The molecule has 0 fully saturated rings. The standard InChI is InChI=1S/C10H6ClN3/c11-7-3-1-2-6-9(7)12-4-8-10(6)14-5-13-8/h1-5H,(H,13,14). The lowest BCUT2D eigenvalue weighted by Crippen LogP contribution is -1.81. The van der Waals surface area contributed by atoms with E-state index in [1.54, 1.807) is 12.5 Å². The van der Waals surface area contributed by atoms with Gasteiger partial charge in [0.25, 0.3) is 0 Å². The number of hydrogen-bond donors (Lipinski definition) is 1. The van der Waals surface area contributed by atoms with E-state index in [0.29, 0.717) is 5.02 Å². The molecule has 0 bridgehead atoms. The van der Waals surface area contributed by atoms with Crippen molar-refractivity contribution in [3.63, 3.8) is 0 Å². The highest BCUT2D eigenvalue weighted by Crippen LogP contribution is 2.25. The van der Waals surface area contributed by atoms with Crippen molar-refractivity contribution in [2.45, 2.75) is 0 Å². The highest BCUT2D eigenvalue weighted by Gasteiger charge is 2.05. The Morgan fingerprint density at radius 2 is 2.07 bits per heavy atom. The molecule has 0 radical (unpaired) electrons. The van der Waals surface area contributed by atoms with Gasteiger partial charge in [0, 0.05) is 5.39 Å². The van der Waals surface area contributed by atoms with Gasteiger partial charge in [0.15, 0.2) is 0 Å². The molecule has 0 aliphatic heterocycles. The number of aromatic nitrogens is 3. The molecule has 0 spiro atoms. The van der Waals surface area contributed by atoms with E-state index in [0.717, 1.165) is 21.9 Å². The maximum atomic E-state index is 6.02. The van der Waals surface area contributed by atoms with Crippen LogP contribution in [0.25, 0.3) is 21.9 Å². The van der Waals surface area contributed by atoms with E-state index in [4.69, 9.17) is 11.6 Å². The molecule has 0 unspecified atom stereocenters. The fourth-order valence-corrected chi connectivity index (χ4v) is 1.81. The van der Waals surface area contributed by atoms with E-state index in [-0.39, 0.29) is 0 Å². The average Bonchev–Trinajstić information content (AvgIpc) is 2.66. The lowest BCUT2D eigenvalue weighted by atomic mass is 10.2. The second-order valence-electron chi connectivity index (χ2n) is 3.06. The molecule has 0 aliphatic carbocycles. The Balaban J connectivity index is 2.64. The van der Waals surface area contributed by atoms with Crippen LogP contribution in [0, 0.1) is 0 Å². The zero-order valence-electron chi connectivity index (χ0n) is 7.16. The molecule has 0 saturated heterocycles. The summed E-state index contributed by atoms with van der Waals surface area (Å²) >= 11 is 6.02. The molecule has 3 rings (SSSR count). The Morgan fingerprint density at radius 1 is 1.14 bits per heavy atom. The number of para-hydroxylation sites is 1. The first kappa shape index (κ1) is 7.76. The van der Waals surface area contributed by atoms with Gasteiger partial charge in [0.05, 0.1) is 34.1 Å². The molecule has 1 aromatic carbocycles. The molecule has 3 aromatic rings. The number of halogens is 1. The molecule has 68 valence electrons. The molecule has 0 saturated carbocycles. The second-order valence-corrected chi connectivity index (χ2v) is 3.47. The molecule has 0 atom stereocenters. The van der Waals surface area contributed by atoms with Crippen LogP contribution in [0.1, 0.15) is 0 Å². The van der Waals surface area contributed by atoms with Crippen molar-refractivity contribution in [3.05, 3.63) is 35.7 Å². The number of rotatable bonds is 0. The Kier molecular flexibility index (Phi) is 1.49. The van der Waals surface area contributed by atoms with Crippen LogP contribution >= 0.6 is 11.6 Å². The van der Waals surface area contributed by atoms with Crippen molar-refractivity contribution in [1.29, 1.82) is 0 Å². The van der Waals surface area contributed by atoms with Crippen molar-refractivity contribution in [2.24, 2.45) is 0 Å². The van der Waals surface area contributed by atoms with Gasteiger partial charge >= 0.3 is 0 Å². The first-order valence-corrected chi connectivity index (χ1v) is 4.60. The number of nitrogens with one attached hydrogen (secondary N) is 1. The van der Waals surface area contributed by atoms with Crippen LogP contribution in [0.3, 0.4) is 0 Å². The summed E-state index contributed by atoms with van der Waals surface area (Å²) in [6.07, 6.45) is 3.41. The summed E-state index contributed by atoms with van der Waals surface area (Å²) in [5.41, 5.74) is 2.64. The highest BCUT2D eigenvalue weighted by atomic mass is 35.5. The quantitative estimate of drug-likeness (QED) is 0.611. The van der Waals surface area contributed by atoms with Gasteiger partial charge in [-0.05, 0) is 6.07 Å². The minimum atomic E-state index is 0.660. The molecule has 0 amide bonds. The molecule has 14 heavy (non-hydrogen) atoms. The molecule has 0 aliphatic rings. The number of pyridine rings is 1. The van der Waals surface area contributed by atoms with Crippen LogP contribution in [-0.2, 0) is 0 Å². The van der Waals surface area contributed by atoms with Gasteiger partial charge in [-0.2, -0.15) is 0 Å².